The van der Waals surface area contributed by atoms with Gasteiger partial charge in [-0.15, -0.1) is 0 Å². The Labute approximate surface area is 197 Å². The van der Waals surface area contributed by atoms with E-state index in [1.165, 1.54) is 10.5 Å². The second-order valence-corrected chi connectivity index (χ2v) is 9.86. The molecule has 166 valence electrons. The van der Waals surface area contributed by atoms with Gasteiger partial charge >= 0.3 is 0 Å². The Morgan fingerprint density at radius 3 is 2.38 bits per heavy atom. The number of nitrogens with one attached hydrogen (secondary N) is 1. The first kappa shape index (κ1) is 23.8. The number of hydrogen-bond acceptors (Lipinski definition) is 4. The summed E-state index contributed by atoms with van der Waals surface area (Å²) in [5, 5.41) is 4.83. The predicted molar refractivity (Wildman–Crippen MR) is 130 cm³/mol. The molecule has 0 aliphatic carbocycles. The van der Waals surface area contributed by atoms with Crippen LogP contribution in [0.2, 0.25) is 10.0 Å². The summed E-state index contributed by atoms with van der Waals surface area (Å²) in [7, 11) is -3.53. The summed E-state index contributed by atoms with van der Waals surface area (Å²) in [5.74, 6) is -0.442. The van der Waals surface area contributed by atoms with Crippen molar-refractivity contribution in [2.24, 2.45) is 5.10 Å². The maximum atomic E-state index is 12.4. The standard InChI is InChI=1S/C23H21Cl2N3O3S/c1-16-5-3-4-6-19(16)15-28(32(2,30)31)21-11-8-17(9-12-21)23(29)27-26-14-18-7-10-20(24)13-22(18)25/h3-14H,15H2,1-2H3,(H,27,29)/b26-14-. The van der Waals surface area contributed by atoms with E-state index >= 15 is 0 Å². The number of anilines is 1. The van der Waals surface area contributed by atoms with Crippen LogP contribution in [0.5, 0.6) is 0 Å². The van der Waals surface area contributed by atoms with Crippen LogP contribution in [0.15, 0.2) is 71.8 Å². The highest BCUT2D eigenvalue weighted by molar-refractivity contribution is 7.92. The summed E-state index contributed by atoms with van der Waals surface area (Å²) in [6.45, 7) is 2.13. The summed E-state index contributed by atoms with van der Waals surface area (Å²) in [4.78, 5) is 12.4. The number of benzene rings is 3. The highest BCUT2D eigenvalue weighted by Crippen LogP contribution is 2.23. The molecule has 0 fully saturated rings. The molecule has 0 spiro atoms. The van der Waals surface area contributed by atoms with Crippen LogP contribution >= 0.6 is 23.2 Å². The third-order valence-corrected chi connectivity index (χ3v) is 6.43. The lowest BCUT2D eigenvalue weighted by atomic mass is 10.1. The summed E-state index contributed by atoms with van der Waals surface area (Å²) in [5.41, 5.74) is 5.71. The van der Waals surface area contributed by atoms with Gasteiger partial charge in [-0.2, -0.15) is 5.10 Å². The molecular weight excluding hydrogens is 469 g/mol. The van der Waals surface area contributed by atoms with E-state index in [0.717, 1.165) is 17.4 Å². The van der Waals surface area contributed by atoms with Crippen LogP contribution in [0, 0.1) is 6.92 Å². The molecule has 0 radical (unpaired) electrons. The van der Waals surface area contributed by atoms with Crippen LogP contribution in [0.1, 0.15) is 27.0 Å². The Balaban J connectivity index is 1.73. The lowest BCUT2D eigenvalue weighted by molar-refractivity contribution is 0.0955. The zero-order chi connectivity index (χ0) is 23.3. The van der Waals surface area contributed by atoms with E-state index in [1.807, 2.05) is 31.2 Å². The minimum atomic E-state index is -3.53. The van der Waals surface area contributed by atoms with Crippen molar-refractivity contribution in [3.63, 3.8) is 0 Å². The molecular formula is C23H21Cl2N3O3S. The van der Waals surface area contributed by atoms with Gasteiger partial charge in [-0.05, 0) is 54.4 Å². The smallest absolute Gasteiger partial charge is 0.267 e. The van der Waals surface area contributed by atoms with E-state index in [9.17, 15) is 13.2 Å². The number of hydrazone groups is 1. The van der Waals surface area contributed by atoms with E-state index in [2.05, 4.69) is 10.5 Å². The van der Waals surface area contributed by atoms with Gasteiger partial charge < -0.3 is 0 Å². The van der Waals surface area contributed by atoms with Crippen molar-refractivity contribution in [1.29, 1.82) is 0 Å². The van der Waals surface area contributed by atoms with Gasteiger partial charge in [0.1, 0.15) is 0 Å². The van der Waals surface area contributed by atoms with Gasteiger partial charge in [-0.3, -0.25) is 9.10 Å². The van der Waals surface area contributed by atoms with Crippen LogP contribution in [0.25, 0.3) is 0 Å². The number of halogens is 2. The Hall–Kier alpha value is -2.87. The van der Waals surface area contributed by atoms with E-state index in [4.69, 9.17) is 23.2 Å². The number of nitrogens with zero attached hydrogens (tertiary/aromatic N) is 2. The van der Waals surface area contributed by atoms with Crippen molar-refractivity contribution < 1.29 is 13.2 Å². The van der Waals surface area contributed by atoms with Crippen LogP contribution in [-0.4, -0.2) is 26.8 Å². The highest BCUT2D eigenvalue weighted by Gasteiger charge is 2.19. The SMILES string of the molecule is Cc1ccccc1CN(c1ccc(C(=O)N/N=C\c2ccc(Cl)cc2Cl)cc1)S(C)(=O)=O. The lowest BCUT2D eigenvalue weighted by Crippen LogP contribution is -2.29. The Morgan fingerprint density at radius 1 is 1.06 bits per heavy atom. The summed E-state index contributed by atoms with van der Waals surface area (Å²) < 4.78 is 26.1. The number of rotatable bonds is 7. The van der Waals surface area contributed by atoms with Gasteiger partial charge in [0.25, 0.3) is 5.91 Å². The van der Waals surface area contributed by atoms with Gasteiger partial charge in [0.2, 0.25) is 10.0 Å². The highest BCUT2D eigenvalue weighted by atomic mass is 35.5. The second kappa shape index (κ2) is 10.2. The number of aryl methyl sites for hydroxylation is 1. The van der Waals surface area contributed by atoms with Crippen molar-refractivity contribution >= 4 is 51.0 Å². The first-order valence-corrected chi connectivity index (χ1v) is 12.2. The largest absolute Gasteiger partial charge is 0.271 e. The molecule has 3 aromatic rings. The molecule has 32 heavy (non-hydrogen) atoms. The number of hydrogen-bond donors (Lipinski definition) is 1. The van der Waals surface area contributed by atoms with Crippen LogP contribution in [0.3, 0.4) is 0 Å². The molecule has 0 aliphatic rings. The fraction of sp³-hybridized carbons (Fsp3) is 0.130. The third-order valence-electron chi connectivity index (χ3n) is 4.73. The second-order valence-electron chi connectivity index (χ2n) is 7.11. The molecule has 0 aromatic heterocycles. The molecule has 3 rings (SSSR count). The van der Waals surface area contributed by atoms with Crippen molar-refractivity contribution in [1.82, 2.24) is 5.43 Å². The van der Waals surface area contributed by atoms with Crippen molar-refractivity contribution in [3.05, 3.63) is 99.0 Å². The quantitative estimate of drug-likeness (QED) is 0.373. The Morgan fingerprint density at radius 2 is 1.75 bits per heavy atom. The molecule has 9 heteroatoms. The van der Waals surface area contributed by atoms with Crippen molar-refractivity contribution in [2.75, 3.05) is 10.6 Å². The molecule has 3 aromatic carbocycles. The molecule has 0 aliphatic heterocycles. The van der Waals surface area contributed by atoms with Gasteiger partial charge in [0.05, 0.1) is 29.7 Å². The minimum absolute atomic E-state index is 0.198. The number of sulfonamides is 1. The summed E-state index contributed by atoms with van der Waals surface area (Å²) >= 11 is 11.9. The van der Waals surface area contributed by atoms with Gasteiger partial charge in [0, 0.05) is 16.1 Å². The van der Waals surface area contributed by atoms with E-state index in [1.54, 1.807) is 42.5 Å². The van der Waals surface area contributed by atoms with Crippen LogP contribution in [-0.2, 0) is 16.6 Å². The van der Waals surface area contributed by atoms with Crippen molar-refractivity contribution in [3.8, 4) is 0 Å². The Bertz CT molecular complexity index is 1260. The molecule has 0 heterocycles. The fourth-order valence-corrected chi connectivity index (χ4v) is 4.29. The zero-order valence-electron chi connectivity index (χ0n) is 17.4. The summed E-state index contributed by atoms with van der Waals surface area (Å²) in [6.07, 6.45) is 2.57. The maximum absolute atomic E-state index is 12.4. The molecule has 6 nitrogen and oxygen atoms in total. The number of amides is 1. The number of carbonyl (C=O) groups excluding carboxylic acids is 1. The average molecular weight is 490 g/mol. The number of carbonyl (C=O) groups is 1. The summed E-state index contributed by atoms with van der Waals surface area (Å²) in [6, 6.07) is 18.8. The van der Waals surface area contributed by atoms with Crippen molar-refractivity contribution in [2.45, 2.75) is 13.5 Å². The molecule has 0 unspecified atom stereocenters. The molecule has 0 atom stereocenters. The molecule has 1 N–H and O–H groups in total. The topological polar surface area (TPSA) is 78.8 Å². The van der Waals surface area contributed by atoms with Gasteiger partial charge in [-0.25, -0.2) is 13.8 Å². The minimum Gasteiger partial charge on any atom is -0.267 e. The fourth-order valence-electron chi connectivity index (χ4n) is 2.95. The average Bonchev–Trinajstić information content (AvgIpc) is 2.74. The van der Waals surface area contributed by atoms with Gasteiger partial charge in [0.15, 0.2) is 0 Å². The van der Waals surface area contributed by atoms with E-state index < -0.39 is 15.9 Å². The normalized spacial score (nSPS) is 11.5. The van der Waals surface area contributed by atoms with E-state index in [0.29, 0.717) is 26.9 Å². The van der Waals surface area contributed by atoms with Gasteiger partial charge in [-0.1, -0.05) is 53.5 Å². The third kappa shape index (κ3) is 6.09. The monoisotopic (exact) mass is 489 g/mol. The molecule has 0 saturated heterocycles. The first-order valence-electron chi connectivity index (χ1n) is 9.56. The lowest BCUT2D eigenvalue weighted by Gasteiger charge is -2.23. The molecule has 0 bridgehead atoms. The molecule has 1 amide bonds. The Kier molecular flexibility index (Phi) is 7.56. The van der Waals surface area contributed by atoms with Crippen LogP contribution in [0.4, 0.5) is 5.69 Å². The van der Waals surface area contributed by atoms with E-state index in [-0.39, 0.29) is 6.54 Å². The molecule has 0 saturated carbocycles. The predicted octanol–water partition coefficient (Wildman–Crippen LogP) is 5.03. The van der Waals surface area contributed by atoms with Crippen LogP contribution < -0.4 is 9.73 Å². The zero-order valence-corrected chi connectivity index (χ0v) is 19.7. The maximum Gasteiger partial charge on any atom is 0.271 e. The first-order chi connectivity index (χ1) is 15.1.